The normalized spacial score (nSPS) is 27.8. The number of thioether (sulfide) groups is 1. The van der Waals surface area contributed by atoms with Crippen molar-refractivity contribution in [3.8, 4) is 0 Å². The van der Waals surface area contributed by atoms with E-state index in [1.165, 1.54) is 11.1 Å². The van der Waals surface area contributed by atoms with Crippen molar-refractivity contribution in [1.29, 1.82) is 0 Å². The van der Waals surface area contributed by atoms with Gasteiger partial charge >= 0.3 is 0 Å². The quantitative estimate of drug-likeness (QED) is 0.623. The molecule has 0 N–H and O–H groups in total. The topological polar surface area (TPSA) is 20.3 Å². The highest BCUT2D eigenvalue weighted by atomic mass is 32.2. The molecule has 1 aliphatic heterocycles. The van der Waals surface area contributed by atoms with E-state index in [4.69, 9.17) is 0 Å². The van der Waals surface area contributed by atoms with Gasteiger partial charge in [-0.15, -0.1) is 11.8 Å². The Kier molecular flexibility index (Phi) is 3.30. The van der Waals surface area contributed by atoms with E-state index in [1.807, 2.05) is 14.1 Å². The smallest absolute Gasteiger partial charge is 0.238 e. The summed E-state index contributed by atoms with van der Waals surface area (Å²) in [6.07, 6.45) is 0.889. The van der Waals surface area contributed by atoms with Crippen molar-refractivity contribution in [2.75, 3.05) is 19.8 Å². The van der Waals surface area contributed by atoms with E-state index >= 15 is 0 Å². The zero-order valence-corrected chi connectivity index (χ0v) is 10.5. The summed E-state index contributed by atoms with van der Waals surface area (Å²) in [4.78, 5) is 13.6. The molecule has 0 aromatic rings. The third kappa shape index (κ3) is 2.14. The second-order valence-corrected chi connectivity index (χ2v) is 5.93. The van der Waals surface area contributed by atoms with Crippen LogP contribution in [-0.2, 0) is 4.79 Å². The highest BCUT2D eigenvalue weighted by Crippen LogP contribution is 2.39. The summed E-state index contributed by atoms with van der Waals surface area (Å²) >= 11 is 1.76. The Morgan fingerprint density at radius 1 is 1.36 bits per heavy atom. The summed E-state index contributed by atoms with van der Waals surface area (Å²) < 4.78 is -0.243. The summed E-state index contributed by atoms with van der Waals surface area (Å²) in [6.45, 7) is 6.34. The molecular formula is C11H19NOS. The van der Waals surface area contributed by atoms with Gasteiger partial charge in [-0.3, -0.25) is 4.79 Å². The molecule has 0 saturated carbocycles. The lowest BCUT2D eigenvalue weighted by Gasteiger charge is -2.34. The van der Waals surface area contributed by atoms with Gasteiger partial charge in [0.15, 0.2) is 0 Å². The van der Waals surface area contributed by atoms with Gasteiger partial charge in [-0.1, -0.05) is 11.1 Å². The zero-order valence-electron chi connectivity index (χ0n) is 9.68. The second-order valence-electron chi connectivity index (χ2n) is 4.46. The molecule has 2 nitrogen and oxygen atoms in total. The van der Waals surface area contributed by atoms with Crippen molar-refractivity contribution in [1.82, 2.24) is 4.90 Å². The molecule has 1 atom stereocenters. The number of rotatable bonds is 1. The Hall–Kier alpha value is -0.440. The van der Waals surface area contributed by atoms with E-state index in [-0.39, 0.29) is 10.7 Å². The maximum Gasteiger partial charge on any atom is 0.238 e. The minimum atomic E-state index is -0.243. The fourth-order valence-electron chi connectivity index (χ4n) is 1.71. The number of nitrogens with zero attached hydrogens (tertiary/aromatic N) is 1. The summed E-state index contributed by atoms with van der Waals surface area (Å²) in [7, 11) is 3.66. The fourth-order valence-corrected chi connectivity index (χ4v) is 3.12. The first-order valence-electron chi connectivity index (χ1n) is 4.88. The average Bonchev–Trinajstić information content (AvgIpc) is 2.11. The third-order valence-corrected chi connectivity index (χ3v) is 4.33. The van der Waals surface area contributed by atoms with Gasteiger partial charge in [-0.25, -0.2) is 0 Å². The van der Waals surface area contributed by atoms with Crippen LogP contribution in [0, 0.1) is 0 Å². The van der Waals surface area contributed by atoms with Crippen molar-refractivity contribution in [2.45, 2.75) is 31.9 Å². The molecule has 0 bridgehead atoms. The third-order valence-electron chi connectivity index (χ3n) is 2.80. The molecule has 0 saturated heterocycles. The van der Waals surface area contributed by atoms with Gasteiger partial charge in [0.2, 0.25) is 5.91 Å². The molecule has 1 amide bonds. The lowest BCUT2D eigenvalue weighted by molar-refractivity contribution is -0.130. The zero-order chi connectivity index (χ0) is 10.9. The molecule has 1 rings (SSSR count). The van der Waals surface area contributed by atoms with Crippen LogP contribution in [0.25, 0.3) is 0 Å². The number of carbonyl (C=O) groups is 1. The van der Waals surface area contributed by atoms with Gasteiger partial charge < -0.3 is 4.90 Å². The Morgan fingerprint density at radius 2 is 1.93 bits per heavy atom. The molecule has 0 spiro atoms. The Labute approximate surface area is 90.7 Å². The minimum absolute atomic E-state index is 0.231. The summed E-state index contributed by atoms with van der Waals surface area (Å²) in [5.74, 6) is 1.22. The molecule has 3 heteroatoms. The van der Waals surface area contributed by atoms with Crippen LogP contribution in [0.3, 0.4) is 0 Å². The molecular weight excluding hydrogens is 194 g/mol. The van der Waals surface area contributed by atoms with Crippen LogP contribution in [0.4, 0.5) is 0 Å². The minimum Gasteiger partial charge on any atom is -0.348 e. The summed E-state index contributed by atoms with van der Waals surface area (Å²) in [5.41, 5.74) is 2.81. The number of hydrogen-bond acceptors (Lipinski definition) is 2. The van der Waals surface area contributed by atoms with E-state index < -0.39 is 0 Å². The Balaban J connectivity index is 2.85. The average molecular weight is 213 g/mol. The molecule has 0 aromatic carbocycles. The Bertz CT molecular complexity index is 283. The van der Waals surface area contributed by atoms with E-state index in [2.05, 4.69) is 20.8 Å². The second kappa shape index (κ2) is 3.97. The first-order valence-corrected chi connectivity index (χ1v) is 5.86. The number of carbonyl (C=O) groups excluding carboxylic acids is 1. The van der Waals surface area contributed by atoms with Crippen LogP contribution in [0.15, 0.2) is 11.1 Å². The molecule has 0 aromatic heterocycles. The largest absolute Gasteiger partial charge is 0.348 e. The molecule has 0 fully saturated rings. The van der Waals surface area contributed by atoms with Crippen molar-refractivity contribution in [2.24, 2.45) is 0 Å². The van der Waals surface area contributed by atoms with E-state index in [9.17, 15) is 4.79 Å². The van der Waals surface area contributed by atoms with Gasteiger partial charge in [-0.05, 0) is 27.2 Å². The molecule has 0 radical (unpaired) electrons. The lowest BCUT2D eigenvalue weighted by atomic mass is 9.96. The molecule has 1 heterocycles. The Morgan fingerprint density at radius 3 is 2.36 bits per heavy atom. The molecule has 1 aliphatic rings. The first-order chi connectivity index (χ1) is 6.37. The van der Waals surface area contributed by atoms with Crippen LogP contribution < -0.4 is 0 Å². The molecule has 0 aliphatic carbocycles. The predicted octanol–water partition coefficient (Wildman–Crippen LogP) is 2.31. The molecule has 1 unspecified atom stereocenters. The molecule has 80 valence electrons. The van der Waals surface area contributed by atoms with Crippen LogP contribution in [0.5, 0.6) is 0 Å². The number of amides is 1. The summed E-state index contributed by atoms with van der Waals surface area (Å²) in [6, 6.07) is 0. The number of hydrogen-bond donors (Lipinski definition) is 0. The maximum absolute atomic E-state index is 12.0. The van der Waals surface area contributed by atoms with Gasteiger partial charge in [0.25, 0.3) is 0 Å². The first kappa shape index (κ1) is 11.6. The number of allylic oxidation sites excluding steroid dienone is 1. The van der Waals surface area contributed by atoms with Crippen molar-refractivity contribution < 1.29 is 4.79 Å². The van der Waals surface area contributed by atoms with E-state index in [0.717, 1.165) is 12.2 Å². The standard InChI is InChI=1S/C11H19NOS/c1-8-6-11(3,10(13)12(4)5)14-7-9(8)2/h6-7H2,1-5H3. The predicted molar refractivity (Wildman–Crippen MR) is 62.5 cm³/mol. The maximum atomic E-state index is 12.0. The van der Waals surface area contributed by atoms with Crippen molar-refractivity contribution in [3.63, 3.8) is 0 Å². The van der Waals surface area contributed by atoms with E-state index in [0.29, 0.717) is 0 Å². The highest BCUT2D eigenvalue weighted by molar-refractivity contribution is 8.01. The van der Waals surface area contributed by atoms with E-state index in [1.54, 1.807) is 16.7 Å². The van der Waals surface area contributed by atoms with Crippen LogP contribution >= 0.6 is 11.8 Å². The van der Waals surface area contributed by atoms with Crippen molar-refractivity contribution in [3.05, 3.63) is 11.1 Å². The van der Waals surface area contributed by atoms with Crippen LogP contribution in [-0.4, -0.2) is 35.4 Å². The van der Waals surface area contributed by atoms with Gasteiger partial charge in [-0.2, -0.15) is 0 Å². The van der Waals surface area contributed by atoms with Crippen LogP contribution in [0.2, 0.25) is 0 Å². The SMILES string of the molecule is CC1=C(C)CC(C)(C(=O)N(C)C)SC1. The van der Waals surface area contributed by atoms with Gasteiger partial charge in [0.1, 0.15) is 0 Å². The van der Waals surface area contributed by atoms with Crippen LogP contribution in [0.1, 0.15) is 27.2 Å². The monoisotopic (exact) mass is 213 g/mol. The fraction of sp³-hybridized carbons (Fsp3) is 0.727. The van der Waals surface area contributed by atoms with Gasteiger partial charge in [0.05, 0.1) is 4.75 Å². The van der Waals surface area contributed by atoms with Crippen molar-refractivity contribution >= 4 is 17.7 Å². The molecule has 14 heavy (non-hydrogen) atoms. The highest BCUT2D eigenvalue weighted by Gasteiger charge is 2.37. The summed E-state index contributed by atoms with van der Waals surface area (Å²) in [5, 5.41) is 0. The lowest BCUT2D eigenvalue weighted by Crippen LogP contribution is -2.43. The van der Waals surface area contributed by atoms with Gasteiger partial charge in [0, 0.05) is 19.8 Å².